The molecule has 0 saturated carbocycles. The minimum Gasteiger partial charge on any atom is -0.377 e. The summed E-state index contributed by atoms with van der Waals surface area (Å²) in [6, 6.07) is 0. The highest BCUT2D eigenvalue weighted by molar-refractivity contribution is 4.95. The van der Waals surface area contributed by atoms with Gasteiger partial charge in [-0.05, 0) is 24.7 Å². The van der Waals surface area contributed by atoms with Gasteiger partial charge in [-0.25, -0.2) is 0 Å². The molecule has 0 aromatic rings. The molecule has 0 aromatic carbocycles. The van der Waals surface area contributed by atoms with Crippen molar-refractivity contribution in [3.63, 3.8) is 0 Å². The average Bonchev–Trinajstić information content (AvgIpc) is 2.73. The molecule has 4 unspecified atom stereocenters. The molecule has 88 valence electrons. The predicted molar refractivity (Wildman–Crippen MR) is 60.8 cm³/mol. The highest BCUT2D eigenvalue weighted by Crippen LogP contribution is 2.43. The van der Waals surface area contributed by atoms with E-state index >= 15 is 0 Å². The lowest BCUT2D eigenvalue weighted by molar-refractivity contribution is -0.0900. The third-order valence-corrected chi connectivity index (χ3v) is 4.24. The van der Waals surface area contributed by atoms with Crippen molar-refractivity contribution in [1.29, 1.82) is 0 Å². The molecular formula is C13H24O2. The van der Waals surface area contributed by atoms with Gasteiger partial charge in [0.2, 0.25) is 0 Å². The van der Waals surface area contributed by atoms with Gasteiger partial charge in [-0.15, -0.1) is 0 Å². The first-order valence-corrected chi connectivity index (χ1v) is 6.26. The Morgan fingerprint density at radius 1 is 0.867 bits per heavy atom. The molecule has 0 radical (unpaired) electrons. The molecule has 2 heteroatoms. The molecule has 2 aliphatic heterocycles. The minimum absolute atomic E-state index is 0.159. The Balaban J connectivity index is 2.10. The topological polar surface area (TPSA) is 18.5 Å². The molecule has 0 N–H and O–H groups in total. The van der Waals surface area contributed by atoms with Crippen LogP contribution < -0.4 is 0 Å². The van der Waals surface area contributed by atoms with E-state index in [-0.39, 0.29) is 5.41 Å². The van der Waals surface area contributed by atoms with Crippen LogP contribution in [0.1, 0.15) is 40.5 Å². The number of hydrogen-bond acceptors (Lipinski definition) is 2. The second-order valence-electron chi connectivity index (χ2n) is 5.94. The highest BCUT2D eigenvalue weighted by Gasteiger charge is 2.47. The maximum Gasteiger partial charge on any atom is 0.0677 e. The first kappa shape index (κ1) is 11.4. The van der Waals surface area contributed by atoms with Gasteiger partial charge in [0, 0.05) is 18.6 Å². The third kappa shape index (κ3) is 1.94. The number of rotatable bonds is 2. The molecule has 2 aliphatic rings. The van der Waals surface area contributed by atoms with Crippen LogP contribution in [0.4, 0.5) is 0 Å². The number of ether oxygens (including phenoxy) is 2. The Kier molecular flexibility index (Phi) is 3.09. The summed E-state index contributed by atoms with van der Waals surface area (Å²) < 4.78 is 11.8. The Labute approximate surface area is 93.3 Å². The van der Waals surface area contributed by atoms with Crippen molar-refractivity contribution >= 4 is 0 Å². The van der Waals surface area contributed by atoms with Crippen LogP contribution in [0.2, 0.25) is 0 Å². The predicted octanol–water partition coefficient (Wildman–Crippen LogP) is 2.86. The fraction of sp³-hybridized carbons (Fsp3) is 1.00. The molecule has 0 aromatic heterocycles. The first-order valence-electron chi connectivity index (χ1n) is 6.26. The van der Waals surface area contributed by atoms with Crippen molar-refractivity contribution in [2.45, 2.75) is 52.7 Å². The van der Waals surface area contributed by atoms with E-state index in [1.807, 2.05) is 0 Å². The molecule has 2 saturated heterocycles. The van der Waals surface area contributed by atoms with E-state index in [9.17, 15) is 0 Å². The van der Waals surface area contributed by atoms with Crippen LogP contribution in [0, 0.1) is 17.3 Å². The maximum atomic E-state index is 5.91. The average molecular weight is 212 g/mol. The van der Waals surface area contributed by atoms with Gasteiger partial charge in [0.15, 0.2) is 0 Å². The lowest BCUT2D eigenvalue weighted by atomic mass is 9.72. The van der Waals surface area contributed by atoms with Crippen molar-refractivity contribution in [3.8, 4) is 0 Å². The van der Waals surface area contributed by atoms with Crippen LogP contribution in [0.3, 0.4) is 0 Å². The Morgan fingerprint density at radius 2 is 1.27 bits per heavy atom. The van der Waals surface area contributed by atoms with Gasteiger partial charge >= 0.3 is 0 Å². The summed E-state index contributed by atoms with van der Waals surface area (Å²) in [4.78, 5) is 0. The normalized spacial score (nSPS) is 42.4. The van der Waals surface area contributed by atoms with Gasteiger partial charge < -0.3 is 9.47 Å². The summed E-state index contributed by atoms with van der Waals surface area (Å²) in [6.45, 7) is 11.1. The van der Waals surface area contributed by atoms with Gasteiger partial charge in [0.1, 0.15) is 0 Å². The summed E-state index contributed by atoms with van der Waals surface area (Å²) in [5.74, 6) is 1.35. The fourth-order valence-electron chi connectivity index (χ4n) is 3.45. The van der Waals surface area contributed by atoms with Gasteiger partial charge in [-0.3, -0.25) is 0 Å². The van der Waals surface area contributed by atoms with Crippen LogP contribution in [-0.2, 0) is 9.47 Å². The largest absolute Gasteiger partial charge is 0.377 e. The summed E-state index contributed by atoms with van der Waals surface area (Å²) in [6.07, 6.45) is 3.16. The van der Waals surface area contributed by atoms with Crippen molar-refractivity contribution < 1.29 is 9.47 Å². The zero-order valence-electron chi connectivity index (χ0n) is 10.5. The first-order chi connectivity index (χ1) is 7.03. The molecule has 0 aliphatic carbocycles. The quantitative estimate of drug-likeness (QED) is 0.700. The molecule has 2 rings (SSSR count). The summed E-state index contributed by atoms with van der Waals surface area (Å²) in [5.41, 5.74) is 0.159. The van der Waals surface area contributed by atoms with Crippen molar-refractivity contribution in [2.24, 2.45) is 17.3 Å². The van der Waals surface area contributed by atoms with Crippen LogP contribution in [0.25, 0.3) is 0 Å². The second kappa shape index (κ2) is 4.06. The molecule has 4 atom stereocenters. The molecule has 0 spiro atoms. The van der Waals surface area contributed by atoms with E-state index < -0.39 is 0 Å². The molecule has 0 bridgehead atoms. The standard InChI is InChI=1S/C13H24O2/c1-9-5-7-14-11(9)13(3,4)12-10(2)6-8-15-12/h9-12H,5-8H2,1-4H3. The summed E-state index contributed by atoms with van der Waals surface area (Å²) >= 11 is 0. The van der Waals surface area contributed by atoms with Crippen LogP contribution >= 0.6 is 0 Å². The lowest BCUT2D eigenvalue weighted by Crippen LogP contribution is -2.44. The van der Waals surface area contributed by atoms with E-state index in [2.05, 4.69) is 27.7 Å². The molecule has 2 fully saturated rings. The van der Waals surface area contributed by atoms with Crippen molar-refractivity contribution in [1.82, 2.24) is 0 Å². The molecule has 2 heterocycles. The fourth-order valence-corrected chi connectivity index (χ4v) is 3.45. The van der Waals surface area contributed by atoms with Crippen LogP contribution in [0.15, 0.2) is 0 Å². The molecule has 15 heavy (non-hydrogen) atoms. The Morgan fingerprint density at radius 3 is 1.53 bits per heavy atom. The van der Waals surface area contributed by atoms with Gasteiger partial charge in [0.25, 0.3) is 0 Å². The molecule has 0 amide bonds. The van der Waals surface area contributed by atoms with E-state index in [0.717, 1.165) is 13.2 Å². The Hall–Kier alpha value is -0.0800. The minimum atomic E-state index is 0.159. The van der Waals surface area contributed by atoms with Crippen molar-refractivity contribution in [3.05, 3.63) is 0 Å². The lowest BCUT2D eigenvalue weighted by Gasteiger charge is -2.40. The number of hydrogen-bond donors (Lipinski definition) is 0. The van der Waals surface area contributed by atoms with E-state index in [4.69, 9.17) is 9.47 Å². The Bertz CT molecular complexity index is 203. The SMILES string of the molecule is CC1CCOC1C(C)(C)C1OCCC1C. The van der Waals surface area contributed by atoms with Gasteiger partial charge in [-0.2, -0.15) is 0 Å². The zero-order chi connectivity index (χ0) is 11.1. The third-order valence-electron chi connectivity index (χ3n) is 4.24. The maximum absolute atomic E-state index is 5.91. The van der Waals surface area contributed by atoms with Crippen molar-refractivity contribution in [2.75, 3.05) is 13.2 Å². The highest BCUT2D eigenvalue weighted by atomic mass is 16.5. The molecular weight excluding hydrogens is 188 g/mol. The van der Waals surface area contributed by atoms with E-state index in [0.29, 0.717) is 24.0 Å². The van der Waals surface area contributed by atoms with E-state index in [1.54, 1.807) is 0 Å². The van der Waals surface area contributed by atoms with Crippen LogP contribution in [-0.4, -0.2) is 25.4 Å². The molecule has 2 nitrogen and oxygen atoms in total. The summed E-state index contributed by atoms with van der Waals surface area (Å²) in [5, 5.41) is 0. The van der Waals surface area contributed by atoms with Gasteiger partial charge in [0.05, 0.1) is 12.2 Å². The smallest absolute Gasteiger partial charge is 0.0677 e. The van der Waals surface area contributed by atoms with Gasteiger partial charge in [-0.1, -0.05) is 27.7 Å². The summed E-state index contributed by atoms with van der Waals surface area (Å²) in [7, 11) is 0. The second-order valence-corrected chi connectivity index (χ2v) is 5.94. The van der Waals surface area contributed by atoms with Crippen LogP contribution in [0.5, 0.6) is 0 Å². The zero-order valence-corrected chi connectivity index (χ0v) is 10.5. The monoisotopic (exact) mass is 212 g/mol. The van der Waals surface area contributed by atoms with E-state index in [1.165, 1.54) is 12.8 Å².